The smallest absolute Gasteiger partial charge is 0.463 e. The van der Waals surface area contributed by atoms with E-state index in [0.717, 1.165) is 38.5 Å². The number of carbonyl (C=O) groups is 2. The van der Waals surface area contributed by atoms with Crippen molar-refractivity contribution in [1.29, 1.82) is 0 Å². The van der Waals surface area contributed by atoms with Gasteiger partial charge in [0.05, 0.1) is 13.2 Å². The lowest BCUT2D eigenvalue weighted by Crippen LogP contribution is -2.27. The molecule has 376 valence electrons. The molecular weight excluding hydrogens is 810 g/mol. The largest absolute Gasteiger partial charge is 0.472 e. The number of rotatable bonds is 53. The van der Waals surface area contributed by atoms with Gasteiger partial charge < -0.3 is 20.1 Å². The lowest BCUT2D eigenvalue weighted by atomic mass is 10.0. The number of amides is 1. The van der Waals surface area contributed by atoms with Crippen LogP contribution in [-0.4, -0.2) is 54.3 Å². The number of nitrogens with one attached hydrogen (secondary N) is 1. The molecule has 0 saturated carbocycles. The van der Waals surface area contributed by atoms with Crippen LogP contribution in [0.5, 0.6) is 0 Å². The second-order valence-electron chi connectivity index (χ2n) is 18.9. The first-order chi connectivity index (χ1) is 30.8. The number of phosphoric acid groups is 1. The highest BCUT2D eigenvalue weighted by Gasteiger charge is 2.23. The van der Waals surface area contributed by atoms with Crippen molar-refractivity contribution < 1.29 is 37.9 Å². The Kier molecular flexibility index (Phi) is 49.6. The standard InChI is InChI=1S/C53H106NO8P/c1-3-5-7-9-11-13-15-17-19-21-23-24-25-26-27-28-30-32-34-36-38-40-42-44-46-53(57)60-49-51(55)50-62-63(58,59)61-48-47-54-52(56)45-43-41-39-37-35-33-31-29-22-20-18-16-14-12-10-8-6-4-2/h51,55H,3-50H2,1-2H3,(H,54,56)(H,58,59). The molecule has 2 unspecified atom stereocenters. The summed E-state index contributed by atoms with van der Waals surface area (Å²) in [6.45, 7) is 3.64. The maximum atomic E-state index is 12.2. The fourth-order valence-corrected chi connectivity index (χ4v) is 9.14. The highest BCUT2D eigenvalue weighted by atomic mass is 31.2. The Bertz CT molecular complexity index is 1000. The molecule has 0 rings (SSSR count). The van der Waals surface area contributed by atoms with Gasteiger partial charge in [0.25, 0.3) is 0 Å². The van der Waals surface area contributed by atoms with E-state index in [-0.39, 0.29) is 25.7 Å². The minimum absolute atomic E-state index is 0.0889. The Labute approximate surface area is 390 Å². The molecule has 0 aromatic carbocycles. The monoisotopic (exact) mass is 916 g/mol. The molecule has 0 radical (unpaired) electrons. The van der Waals surface area contributed by atoms with Crippen LogP contribution in [0.1, 0.15) is 296 Å². The van der Waals surface area contributed by atoms with Gasteiger partial charge in [0.1, 0.15) is 12.7 Å². The van der Waals surface area contributed by atoms with E-state index in [1.807, 2.05) is 0 Å². The zero-order chi connectivity index (χ0) is 46.0. The van der Waals surface area contributed by atoms with E-state index >= 15 is 0 Å². The zero-order valence-electron chi connectivity index (χ0n) is 41.8. The van der Waals surface area contributed by atoms with Crippen LogP contribution in [-0.2, 0) is 27.9 Å². The van der Waals surface area contributed by atoms with Crippen LogP contribution in [0.15, 0.2) is 0 Å². The van der Waals surface area contributed by atoms with Crippen LogP contribution in [0.2, 0.25) is 0 Å². The van der Waals surface area contributed by atoms with E-state index in [9.17, 15) is 24.2 Å². The maximum absolute atomic E-state index is 12.2. The molecule has 0 spiro atoms. The molecular formula is C53H106NO8P. The van der Waals surface area contributed by atoms with Crippen molar-refractivity contribution in [3.05, 3.63) is 0 Å². The summed E-state index contributed by atoms with van der Waals surface area (Å²) < 4.78 is 27.0. The first kappa shape index (κ1) is 62.0. The minimum Gasteiger partial charge on any atom is -0.463 e. The van der Waals surface area contributed by atoms with Crippen molar-refractivity contribution in [3.8, 4) is 0 Å². The molecule has 0 heterocycles. The Morgan fingerprint density at radius 1 is 0.429 bits per heavy atom. The molecule has 0 aliphatic carbocycles. The minimum atomic E-state index is -4.42. The molecule has 2 atom stereocenters. The summed E-state index contributed by atoms with van der Waals surface area (Å²) in [4.78, 5) is 34.1. The summed E-state index contributed by atoms with van der Waals surface area (Å²) in [6.07, 6.45) is 54.8. The zero-order valence-corrected chi connectivity index (χ0v) is 42.7. The lowest BCUT2D eigenvalue weighted by molar-refractivity contribution is -0.147. The molecule has 63 heavy (non-hydrogen) atoms. The third-order valence-corrected chi connectivity index (χ3v) is 13.5. The fraction of sp³-hybridized carbons (Fsp3) is 0.962. The average Bonchev–Trinajstić information content (AvgIpc) is 3.27. The number of ether oxygens (including phenoxy) is 1. The van der Waals surface area contributed by atoms with Crippen molar-refractivity contribution in [3.63, 3.8) is 0 Å². The molecule has 0 aliphatic rings. The Hall–Kier alpha value is -0.990. The number of carbonyl (C=O) groups excluding carboxylic acids is 2. The molecule has 0 aromatic rings. The quantitative estimate of drug-likeness (QED) is 0.0312. The number of esters is 1. The molecule has 10 heteroatoms. The average molecular weight is 916 g/mol. The van der Waals surface area contributed by atoms with E-state index in [1.165, 1.54) is 231 Å². The molecule has 0 fully saturated rings. The summed E-state index contributed by atoms with van der Waals surface area (Å²) in [5, 5.41) is 12.8. The summed E-state index contributed by atoms with van der Waals surface area (Å²) >= 11 is 0. The van der Waals surface area contributed by atoms with Gasteiger partial charge in [-0.25, -0.2) is 4.57 Å². The van der Waals surface area contributed by atoms with Crippen molar-refractivity contribution >= 4 is 19.7 Å². The highest BCUT2D eigenvalue weighted by Crippen LogP contribution is 2.42. The SMILES string of the molecule is CCCCCCCCCCCCCCCCCCCCCCCCCCC(=O)OCC(O)COP(=O)(O)OCCNC(=O)CCCCCCCCCCCCCCCCCCCC. The van der Waals surface area contributed by atoms with Gasteiger partial charge >= 0.3 is 13.8 Å². The normalized spacial score (nSPS) is 13.0. The number of hydrogen-bond donors (Lipinski definition) is 3. The van der Waals surface area contributed by atoms with Crippen molar-refractivity contribution in [1.82, 2.24) is 5.32 Å². The van der Waals surface area contributed by atoms with Crippen molar-refractivity contribution in [2.75, 3.05) is 26.4 Å². The number of phosphoric ester groups is 1. The number of unbranched alkanes of at least 4 members (excludes halogenated alkanes) is 40. The number of hydrogen-bond acceptors (Lipinski definition) is 7. The third-order valence-electron chi connectivity index (χ3n) is 12.5. The summed E-state index contributed by atoms with van der Waals surface area (Å²) in [6, 6.07) is 0. The second kappa shape index (κ2) is 50.4. The van der Waals surface area contributed by atoms with E-state index in [1.54, 1.807) is 0 Å². The van der Waals surface area contributed by atoms with Gasteiger partial charge in [0, 0.05) is 19.4 Å². The van der Waals surface area contributed by atoms with E-state index in [4.69, 9.17) is 13.8 Å². The summed E-state index contributed by atoms with van der Waals surface area (Å²) in [5.41, 5.74) is 0. The van der Waals surface area contributed by atoms with Crippen LogP contribution in [0.3, 0.4) is 0 Å². The van der Waals surface area contributed by atoms with Gasteiger partial charge in [-0.2, -0.15) is 0 Å². The van der Waals surface area contributed by atoms with Gasteiger partial charge in [-0.15, -0.1) is 0 Å². The van der Waals surface area contributed by atoms with E-state index in [0.29, 0.717) is 12.8 Å². The summed E-state index contributed by atoms with van der Waals surface area (Å²) in [5.74, 6) is -0.496. The Morgan fingerprint density at radius 2 is 0.714 bits per heavy atom. The molecule has 9 nitrogen and oxygen atoms in total. The lowest BCUT2D eigenvalue weighted by Gasteiger charge is -2.15. The predicted octanol–water partition coefficient (Wildman–Crippen LogP) is 16.3. The molecule has 1 amide bonds. The Balaban J connectivity index is 3.48. The maximum Gasteiger partial charge on any atom is 0.472 e. The molecule has 0 saturated heterocycles. The third kappa shape index (κ3) is 51.9. The van der Waals surface area contributed by atoms with Gasteiger partial charge in [-0.3, -0.25) is 18.6 Å². The molecule has 0 bridgehead atoms. The summed E-state index contributed by atoms with van der Waals surface area (Å²) in [7, 11) is -4.42. The second-order valence-corrected chi connectivity index (χ2v) is 20.4. The molecule has 0 aliphatic heterocycles. The highest BCUT2D eigenvalue weighted by molar-refractivity contribution is 7.47. The predicted molar refractivity (Wildman–Crippen MR) is 266 cm³/mol. The van der Waals surface area contributed by atoms with Crippen LogP contribution in [0.25, 0.3) is 0 Å². The van der Waals surface area contributed by atoms with E-state index < -0.39 is 26.5 Å². The van der Waals surface area contributed by atoms with Crippen LogP contribution >= 0.6 is 7.82 Å². The fourth-order valence-electron chi connectivity index (χ4n) is 8.39. The van der Waals surface area contributed by atoms with Crippen molar-refractivity contribution in [2.45, 2.75) is 302 Å². The number of aliphatic hydroxyl groups is 1. The van der Waals surface area contributed by atoms with Gasteiger partial charge in [0.2, 0.25) is 5.91 Å². The molecule has 0 aromatic heterocycles. The van der Waals surface area contributed by atoms with Gasteiger partial charge in [-0.1, -0.05) is 271 Å². The molecule has 3 N–H and O–H groups in total. The topological polar surface area (TPSA) is 131 Å². The van der Waals surface area contributed by atoms with Gasteiger partial charge in [0.15, 0.2) is 0 Å². The number of aliphatic hydroxyl groups excluding tert-OH is 1. The first-order valence-electron chi connectivity index (χ1n) is 27.5. The van der Waals surface area contributed by atoms with Crippen molar-refractivity contribution in [2.24, 2.45) is 0 Å². The van der Waals surface area contributed by atoms with Gasteiger partial charge in [-0.05, 0) is 12.8 Å². The Morgan fingerprint density at radius 3 is 1.03 bits per heavy atom. The van der Waals surface area contributed by atoms with Crippen LogP contribution in [0.4, 0.5) is 0 Å². The van der Waals surface area contributed by atoms with Crippen LogP contribution < -0.4 is 5.32 Å². The van der Waals surface area contributed by atoms with E-state index in [2.05, 4.69) is 19.2 Å². The van der Waals surface area contributed by atoms with Crippen LogP contribution in [0, 0.1) is 0 Å². The first-order valence-corrected chi connectivity index (χ1v) is 29.0.